The van der Waals surface area contributed by atoms with E-state index in [1.54, 1.807) is 24.3 Å². The van der Waals surface area contributed by atoms with E-state index >= 15 is 0 Å². The average molecular weight is 274 g/mol. The highest BCUT2D eigenvalue weighted by Gasteiger charge is 2.28. The van der Waals surface area contributed by atoms with Crippen molar-refractivity contribution in [3.63, 3.8) is 0 Å². The molecule has 0 saturated carbocycles. The predicted molar refractivity (Wildman–Crippen MR) is 69.7 cm³/mol. The Morgan fingerprint density at radius 2 is 1.90 bits per heavy atom. The van der Waals surface area contributed by atoms with Gasteiger partial charge < -0.3 is 13.9 Å². The second-order valence-corrected chi connectivity index (χ2v) is 4.07. The zero-order valence-electron chi connectivity index (χ0n) is 10.9. The summed E-state index contributed by atoms with van der Waals surface area (Å²) >= 11 is 0. The number of carbonyl (C=O) groups excluding carboxylic acids is 2. The summed E-state index contributed by atoms with van der Waals surface area (Å²) in [5.74, 6) is -0.970. The number of ether oxygens (including phenoxy) is 2. The number of furan rings is 1. The van der Waals surface area contributed by atoms with Crippen molar-refractivity contribution in [3.05, 3.63) is 60.1 Å². The highest BCUT2D eigenvalue weighted by atomic mass is 16.6. The largest absolute Gasteiger partial charge is 0.466 e. The van der Waals surface area contributed by atoms with Gasteiger partial charge in [-0.3, -0.25) is 4.79 Å². The molecule has 1 aromatic heterocycles. The summed E-state index contributed by atoms with van der Waals surface area (Å²) in [6.45, 7) is 0. The third-order valence-corrected chi connectivity index (χ3v) is 2.66. The van der Waals surface area contributed by atoms with Crippen LogP contribution in [0.15, 0.2) is 53.1 Å². The molecule has 0 bridgehead atoms. The molecule has 1 aromatic carbocycles. The first-order valence-electron chi connectivity index (χ1n) is 6.05. The minimum Gasteiger partial charge on any atom is -0.466 e. The molecule has 0 radical (unpaired) electrons. The van der Waals surface area contributed by atoms with Gasteiger partial charge in [-0.25, -0.2) is 4.79 Å². The van der Waals surface area contributed by atoms with Crippen LogP contribution in [0.5, 0.6) is 0 Å². The molecule has 2 rings (SSSR count). The third kappa shape index (κ3) is 3.47. The highest BCUT2D eigenvalue weighted by molar-refractivity contribution is 5.80. The lowest BCUT2D eigenvalue weighted by Gasteiger charge is -2.13. The maximum Gasteiger partial charge on any atom is 0.355 e. The fraction of sp³-hybridized carbons (Fsp3) is 0.200. The van der Waals surface area contributed by atoms with E-state index in [9.17, 15) is 9.59 Å². The van der Waals surface area contributed by atoms with E-state index in [1.807, 2.05) is 18.2 Å². The van der Waals surface area contributed by atoms with E-state index in [1.165, 1.54) is 13.4 Å². The van der Waals surface area contributed by atoms with Crippen LogP contribution in [0.1, 0.15) is 17.4 Å². The van der Waals surface area contributed by atoms with Gasteiger partial charge >= 0.3 is 11.9 Å². The SMILES string of the molecule is COC(=O)C(OC(=O)Cc1ccccc1)c1ccco1. The molecule has 1 atom stereocenters. The molecule has 0 spiro atoms. The molecule has 0 aliphatic rings. The highest BCUT2D eigenvalue weighted by Crippen LogP contribution is 2.20. The lowest BCUT2D eigenvalue weighted by molar-refractivity contribution is -0.167. The van der Waals surface area contributed by atoms with E-state index in [-0.39, 0.29) is 12.2 Å². The van der Waals surface area contributed by atoms with Gasteiger partial charge in [0.2, 0.25) is 0 Å². The molecule has 5 heteroatoms. The Morgan fingerprint density at radius 3 is 2.50 bits per heavy atom. The Morgan fingerprint density at radius 1 is 1.15 bits per heavy atom. The van der Waals surface area contributed by atoms with Gasteiger partial charge in [-0.2, -0.15) is 0 Å². The number of hydrogen-bond acceptors (Lipinski definition) is 5. The molecule has 104 valence electrons. The maximum absolute atomic E-state index is 11.9. The van der Waals surface area contributed by atoms with Crippen LogP contribution < -0.4 is 0 Å². The number of methoxy groups -OCH3 is 1. The number of esters is 2. The van der Waals surface area contributed by atoms with E-state index < -0.39 is 18.0 Å². The van der Waals surface area contributed by atoms with Gasteiger partial charge in [0.25, 0.3) is 6.10 Å². The Balaban J connectivity index is 2.05. The predicted octanol–water partition coefficient (Wildman–Crippen LogP) is 2.28. The Kier molecular flexibility index (Phi) is 4.55. The standard InChI is InChI=1S/C15H14O5/c1-18-15(17)14(12-8-5-9-19-12)20-13(16)10-11-6-3-2-4-7-11/h2-9,14H,10H2,1H3. The summed E-state index contributed by atoms with van der Waals surface area (Å²) in [4.78, 5) is 23.5. The lowest BCUT2D eigenvalue weighted by Crippen LogP contribution is -2.21. The second kappa shape index (κ2) is 6.56. The molecule has 0 N–H and O–H groups in total. The molecule has 0 fully saturated rings. The minimum absolute atomic E-state index is 0.0784. The van der Waals surface area contributed by atoms with E-state index in [2.05, 4.69) is 4.74 Å². The van der Waals surface area contributed by atoms with Crippen molar-refractivity contribution >= 4 is 11.9 Å². The molecule has 1 unspecified atom stereocenters. The van der Waals surface area contributed by atoms with Crippen molar-refractivity contribution in [3.8, 4) is 0 Å². The summed E-state index contributed by atoms with van der Waals surface area (Å²) < 4.78 is 14.8. The molecule has 0 saturated heterocycles. The quantitative estimate of drug-likeness (QED) is 0.782. The molecular formula is C15H14O5. The van der Waals surface area contributed by atoms with Crippen LogP contribution in [0, 0.1) is 0 Å². The number of rotatable bonds is 5. The van der Waals surface area contributed by atoms with E-state index in [0.29, 0.717) is 0 Å². The molecule has 0 amide bonds. The van der Waals surface area contributed by atoms with Gasteiger partial charge in [0.15, 0.2) is 5.76 Å². The first-order valence-corrected chi connectivity index (χ1v) is 6.05. The molecule has 2 aromatic rings. The van der Waals surface area contributed by atoms with Gasteiger partial charge in [-0.1, -0.05) is 30.3 Å². The summed E-state index contributed by atoms with van der Waals surface area (Å²) in [6, 6.07) is 12.3. The van der Waals surface area contributed by atoms with Gasteiger partial charge in [0.1, 0.15) is 0 Å². The fourth-order valence-corrected chi connectivity index (χ4v) is 1.71. The van der Waals surface area contributed by atoms with E-state index in [0.717, 1.165) is 5.56 Å². The van der Waals surface area contributed by atoms with Gasteiger partial charge in [0.05, 0.1) is 19.8 Å². The van der Waals surface area contributed by atoms with Crippen molar-refractivity contribution in [2.75, 3.05) is 7.11 Å². The Hall–Kier alpha value is -2.56. The van der Waals surface area contributed by atoms with Crippen LogP contribution in [0.2, 0.25) is 0 Å². The fourth-order valence-electron chi connectivity index (χ4n) is 1.71. The lowest BCUT2D eigenvalue weighted by atomic mass is 10.1. The first-order chi connectivity index (χ1) is 9.70. The third-order valence-electron chi connectivity index (χ3n) is 2.66. The van der Waals surface area contributed by atoms with Gasteiger partial charge in [-0.05, 0) is 17.7 Å². The topological polar surface area (TPSA) is 65.7 Å². The smallest absolute Gasteiger partial charge is 0.355 e. The zero-order valence-corrected chi connectivity index (χ0v) is 10.9. The summed E-state index contributed by atoms with van der Waals surface area (Å²) in [6.07, 6.45) is 0.303. The average Bonchev–Trinajstić information content (AvgIpc) is 2.99. The normalized spacial score (nSPS) is 11.7. The van der Waals surface area contributed by atoms with Crippen LogP contribution in [-0.2, 0) is 25.5 Å². The van der Waals surface area contributed by atoms with Gasteiger partial charge in [-0.15, -0.1) is 0 Å². The van der Waals surface area contributed by atoms with E-state index in [4.69, 9.17) is 9.15 Å². The number of benzene rings is 1. The monoisotopic (exact) mass is 274 g/mol. The van der Waals surface area contributed by atoms with Crippen LogP contribution >= 0.6 is 0 Å². The van der Waals surface area contributed by atoms with Crippen molar-refractivity contribution in [2.24, 2.45) is 0 Å². The minimum atomic E-state index is -1.17. The molecule has 5 nitrogen and oxygen atoms in total. The molecule has 20 heavy (non-hydrogen) atoms. The van der Waals surface area contributed by atoms with Gasteiger partial charge in [0, 0.05) is 0 Å². The van der Waals surface area contributed by atoms with Crippen molar-refractivity contribution in [2.45, 2.75) is 12.5 Å². The van der Waals surface area contributed by atoms with Crippen LogP contribution in [0.3, 0.4) is 0 Å². The second-order valence-electron chi connectivity index (χ2n) is 4.07. The van der Waals surface area contributed by atoms with Crippen molar-refractivity contribution < 1.29 is 23.5 Å². The van der Waals surface area contributed by atoms with Crippen LogP contribution in [0.25, 0.3) is 0 Å². The molecule has 0 aliphatic heterocycles. The zero-order chi connectivity index (χ0) is 14.4. The molecule has 0 aliphatic carbocycles. The molecular weight excluding hydrogens is 260 g/mol. The van der Waals surface area contributed by atoms with Crippen LogP contribution in [0.4, 0.5) is 0 Å². The Labute approximate surface area is 116 Å². The Bertz CT molecular complexity index is 559. The first kappa shape index (κ1) is 13.9. The molecule has 1 heterocycles. The van der Waals surface area contributed by atoms with Crippen molar-refractivity contribution in [1.82, 2.24) is 0 Å². The van der Waals surface area contributed by atoms with Crippen LogP contribution in [-0.4, -0.2) is 19.0 Å². The summed E-state index contributed by atoms with van der Waals surface area (Å²) in [5.41, 5.74) is 0.806. The number of carbonyl (C=O) groups is 2. The number of hydrogen-bond donors (Lipinski definition) is 0. The summed E-state index contributed by atoms with van der Waals surface area (Å²) in [7, 11) is 1.23. The van der Waals surface area contributed by atoms with Crippen molar-refractivity contribution in [1.29, 1.82) is 0 Å². The maximum atomic E-state index is 11.9. The summed E-state index contributed by atoms with van der Waals surface area (Å²) in [5, 5.41) is 0.